The molecule has 1 aromatic heterocycles. The monoisotopic (exact) mass is 426 g/mol. The van der Waals surface area contributed by atoms with Crippen LogP contribution >= 0.6 is 7.60 Å². The molecule has 0 saturated heterocycles. The number of aromatic nitrogens is 1. The highest BCUT2D eigenvalue weighted by Crippen LogP contribution is 2.61. The first-order valence-corrected chi connectivity index (χ1v) is 12.3. The number of fused-ring (bicyclic) bond motifs is 1. The second-order valence-corrected chi connectivity index (χ2v) is 9.40. The van der Waals surface area contributed by atoms with Gasteiger partial charge in [0, 0.05) is 22.8 Å². The van der Waals surface area contributed by atoms with Gasteiger partial charge in [0.1, 0.15) is 0 Å². The minimum Gasteiger partial charge on any atom is -0.368 e. The molecule has 0 saturated carbocycles. The number of hydrogen-bond donors (Lipinski definition) is 1. The van der Waals surface area contributed by atoms with Crippen LogP contribution in [0.15, 0.2) is 66.9 Å². The Kier molecular flexibility index (Phi) is 8.44. The van der Waals surface area contributed by atoms with Crippen LogP contribution in [0.2, 0.25) is 0 Å². The number of rotatable bonds is 12. The number of benzene rings is 2. The van der Waals surface area contributed by atoms with Gasteiger partial charge in [-0.05, 0) is 37.1 Å². The average Bonchev–Trinajstić information content (AvgIpc) is 2.78. The third-order valence-electron chi connectivity index (χ3n) is 4.86. The van der Waals surface area contributed by atoms with Gasteiger partial charge in [0.05, 0.1) is 18.7 Å². The molecule has 30 heavy (non-hydrogen) atoms. The van der Waals surface area contributed by atoms with Gasteiger partial charge in [0.15, 0.2) is 5.78 Å². The van der Waals surface area contributed by atoms with Crippen LogP contribution in [-0.2, 0) is 13.6 Å². The predicted molar refractivity (Wildman–Crippen MR) is 124 cm³/mol. The summed E-state index contributed by atoms with van der Waals surface area (Å²) in [4.78, 5) is 4.58. The summed E-state index contributed by atoms with van der Waals surface area (Å²) in [5, 5.41) is 4.39. The minimum atomic E-state index is -3.51. The van der Waals surface area contributed by atoms with Gasteiger partial charge in [0.25, 0.3) is 0 Å². The molecular formula is C24H31N2O3P. The Bertz CT molecular complexity index is 951. The van der Waals surface area contributed by atoms with Crippen molar-refractivity contribution < 1.29 is 13.6 Å². The number of pyridine rings is 1. The molecule has 0 spiro atoms. The van der Waals surface area contributed by atoms with Crippen molar-refractivity contribution in [1.82, 2.24) is 4.98 Å². The molecule has 0 aliphatic rings. The normalized spacial score (nSPS) is 12.7. The van der Waals surface area contributed by atoms with E-state index < -0.39 is 13.4 Å². The van der Waals surface area contributed by atoms with Gasteiger partial charge in [-0.25, -0.2) is 0 Å². The number of hydrogen-bond acceptors (Lipinski definition) is 5. The van der Waals surface area contributed by atoms with Crippen LogP contribution in [0.25, 0.3) is 10.9 Å². The van der Waals surface area contributed by atoms with Gasteiger partial charge in [-0.15, -0.1) is 0 Å². The predicted octanol–water partition coefficient (Wildman–Crippen LogP) is 7.17. The molecule has 0 radical (unpaired) electrons. The van der Waals surface area contributed by atoms with Crippen LogP contribution in [0.1, 0.15) is 50.9 Å². The van der Waals surface area contributed by atoms with E-state index in [-0.39, 0.29) is 0 Å². The number of nitrogens with zero attached hydrogens (tertiary/aromatic N) is 1. The smallest absolute Gasteiger partial charge is 0.357 e. The first kappa shape index (κ1) is 22.5. The van der Waals surface area contributed by atoms with E-state index in [0.717, 1.165) is 47.8 Å². The Morgan fingerprint density at radius 1 is 0.933 bits per heavy atom. The van der Waals surface area contributed by atoms with E-state index in [1.807, 2.05) is 60.7 Å². The SMILES string of the molecule is CCCCOP(=O)(OCCCC)C(Nc1ccccc1)c1cnc2ccccc2c1. The van der Waals surface area contributed by atoms with Crippen molar-refractivity contribution in [1.29, 1.82) is 0 Å². The van der Waals surface area contributed by atoms with E-state index in [1.54, 1.807) is 6.20 Å². The standard InChI is InChI=1S/C24H31N2O3P/c1-3-5-16-28-30(27,29-17-6-4-2)24(26-22-13-8-7-9-14-22)21-18-20-12-10-11-15-23(20)25-19-21/h7-15,18-19,24,26H,3-6,16-17H2,1-2H3. The van der Waals surface area contributed by atoms with Gasteiger partial charge in [-0.2, -0.15) is 0 Å². The lowest BCUT2D eigenvalue weighted by Gasteiger charge is -2.29. The van der Waals surface area contributed by atoms with Crippen molar-refractivity contribution in [2.75, 3.05) is 18.5 Å². The first-order chi connectivity index (χ1) is 14.7. The molecule has 3 aromatic rings. The zero-order valence-electron chi connectivity index (χ0n) is 17.8. The number of anilines is 1. The summed E-state index contributed by atoms with van der Waals surface area (Å²) >= 11 is 0. The maximum Gasteiger partial charge on any atom is 0.357 e. The molecule has 0 aliphatic heterocycles. The zero-order valence-corrected chi connectivity index (χ0v) is 18.7. The van der Waals surface area contributed by atoms with Gasteiger partial charge in [-0.3, -0.25) is 9.55 Å². The van der Waals surface area contributed by atoms with Crippen molar-refractivity contribution in [2.24, 2.45) is 0 Å². The molecule has 6 heteroatoms. The topological polar surface area (TPSA) is 60.5 Å². The third-order valence-corrected chi connectivity index (χ3v) is 7.00. The van der Waals surface area contributed by atoms with Crippen LogP contribution in [0.4, 0.5) is 5.69 Å². The summed E-state index contributed by atoms with van der Waals surface area (Å²) in [5.41, 5.74) is 2.54. The molecule has 0 amide bonds. The van der Waals surface area contributed by atoms with E-state index in [2.05, 4.69) is 24.1 Å². The second kappa shape index (κ2) is 11.3. The fourth-order valence-corrected chi connectivity index (χ4v) is 5.09. The fourth-order valence-electron chi connectivity index (χ4n) is 3.13. The van der Waals surface area contributed by atoms with E-state index in [4.69, 9.17) is 9.05 Å². The van der Waals surface area contributed by atoms with Crippen LogP contribution in [-0.4, -0.2) is 18.2 Å². The Morgan fingerprint density at radius 3 is 2.23 bits per heavy atom. The molecule has 0 bridgehead atoms. The summed E-state index contributed by atoms with van der Waals surface area (Å²) in [6.45, 7) is 4.96. The van der Waals surface area contributed by atoms with Crippen molar-refractivity contribution in [3.8, 4) is 0 Å². The number of nitrogens with one attached hydrogen (secondary N) is 1. The molecule has 3 rings (SSSR count). The lowest BCUT2D eigenvalue weighted by molar-refractivity contribution is 0.194. The largest absolute Gasteiger partial charge is 0.368 e. The summed E-state index contributed by atoms with van der Waals surface area (Å²) in [5.74, 6) is -0.647. The van der Waals surface area contributed by atoms with Crippen LogP contribution < -0.4 is 5.32 Å². The van der Waals surface area contributed by atoms with Gasteiger partial charge in [-0.1, -0.05) is 63.1 Å². The Balaban J connectivity index is 2.00. The summed E-state index contributed by atoms with van der Waals surface area (Å²) in [7, 11) is -3.51. The first-order valence-electron chi connectivity index (χ1n) is 10.7. The van der Waals surface area contributed by atoms with Gasteiger partial charge < -0.3 is 14.4 Å². The zero-order chi connectivity index (χ0) is 21.2. The number of para-hydroxylation sites is 2. The van der Waals surface area contributed by atoms with E-state index in [0.29, 0.717) is 13.2 Å². The third kappa shape index (κ3) is 5.91. The molecule has 0 aliphatic carbocycles. The highest BCUT2D eigenvalue weighted by atomic mass is 31.2. The summed E-state index contributed by atoms with van der Waals surface area (Å²) < 4.78 is 26.0. The maximum atomic E-state index is 14.1. The van der Waals surface area contributed by atoms with E-state index >= 15 is 0 Å². The molecule has 1 N–H and O–H groups in total. The Hall–Kier alpha value is -2.20. The van der Waals surface area contributed by atoms with Crippen molar-refractivity contribution in [2.45, 2.75) is 45.3 Å². The van der Waals surface area contributed by atoms with E-state index in [9.17, 15) is 4.57 Å². The van der Waals surface area contributed by atoms with Crippen LogP contribution in [0.3, 0.4) is 0 Å². The quantitative estimate of drug-likeness (QED) is 0.246. The summed E-state index contributed by atoms with van der Waals surface area (Å²) in [6.07, 6.45) is 5.35. The molecule has 1 unspecified atom stereocenters. The van der Waals surface area contributed by atoms with Crippen LogP contribution in [0, 0.1) is 0 Å². The highest BCUT2D eigenvalue weighted by Gasteiger charge is 2.38. The molecule has 160 valence electrons. The Morgan fingerprint density at radius 2 is 1.57 bits per heavy atom. The van der Waals surface area contributed by atoms with Crippen molar-refractivity contribution in [3.63, 3.8) is 0 Å². The lowest BCUT2D eigenvalue weighted by atomic mass is 10.1. The molecule has 5 nitrogen and oxygen atoms in total. The van der Waals surface area contributed by atoms with Gasteiger partial charge in [0.2, 0.25) is 0 Å². The van der Waals surface area contributed by atoms with Crippen molar-refractivity contribution in [3.05, 3.63) is 72.4 Å². The fraction of sp³-hybridized carbons (Fsp3) is 0.375. The lowest BCUT2D eigenvalue weighted by Crippen LogP contribution is -2.16. The van der Waals surface area contributed by atoms with Crippen LogP contribution in [0.5, 0.6) is 0 Å². The molecule has 1 atom stereocenters. The van der Waals surface area contributed by atoms with Gasteiger partial charge >= 0.3 is 7.60 Å². The molecule has 2 aromatic carbocycles. The van der Waals surface area contributed by atoms with E-state index in [1.165, 1.54) is 0 Å². The van der Waals surface area contributed by atoms with Crippen molar-refractivity contribution >= 4 is 24.2 Å². The summed E-state index contributed by atoms with van der Waals surface area (Å²) in [6, 6.07) is 19.7. The molecule has 1 heterocycles. The molecule has 0 fully saturated rings. The second-order valence-electron chi connectivity index (χ2n) is 7.29. The average molecular weight is 426 g/mol. The Labute approximate surface area is 179 Å². The maximum absolute atomic E-state index is 14.1. The minimum absolute atomic E-state index is 0.397. The highest BCUT2D eigenvalue weighted by molar-refractivity contribution is 7.54. The number of unbranched alkanes of at least 4 members (excludes halogenated alkanes) is 2. The molecular weight excluding hydrogens is 395 g/mol.